The van der Waals surface area contributed by atoms with E-state index in [1.807, 2.05) is 60.1 Å². The lowest BCUT2D eigenvalue weighted by molar-refractivity contribution is -0.113. The Bertz CT molecular complexity index is 1030. The molecule has 1 atom stereocenters. The second kappa shape index (κ2) is 6.35. The van der Waals surface area contributed by atoms with Gasteiger partial charge in [0.1, 0.15) is 5.82 Å². The van der Waals surface area contributed by atoms with Crippen molar-refractivity contribution in [2.45, 2.75) is 12.2 Å². The van der Waals surface area contributed by atoms with Gasteiger partial charge in [-0.05, 0) is 36.8 Å². The number of aryl methyl sites for hydroxylation is 1. The zero-order valence-corrected chi connectivity index (χ0v) is 15.5. The summed E-state index contributed by atoms with van der Waals surface area (Å²) >= 11 is 1.59. The summed E-state index contributed by atoms with van der Waals surface area (Å²) in [6.07, 6.45) is 0. The van der Waals surface area contributed by atoms with E-state index in [0.717, 1.165) is 39.8 Å². The molecule has 0 aliphatic carbocycles. The van der Waals surface area contributed by atoms with Crippen molar-refractivity contribution in [1.29, 1.82) is 0 Å². The third-order valence-corrected chi connectivity index (χ3v) is 5.98. The Balaban J connectivity index is 1.66. The van der Waals surface area contributed by atoms with E-state index in [9.17, 15) is 4.79 Å². The molecule has 2 aliphatic rings. The van der Waals surface area contributed by atoms with Gasteiger partial charge in [-0.1, -0.05) is 24.3 Å². The molecule has 3 heterocycles. The molecule has 5 rings (SSSR count). The van der Waals surface area contributed by atoms with Gasteiger partial charge in [-0.3, -0.25) is 4.79 Å². The second-order valence-corrected chi connectivity index (χ2v) is 7.54. The Hall–Kier alpha value is -2.93. The first-order valence-corrected chi connectivity index (χ1v) is 9.71. The number of thioether (sulfide) groups is 1. The van der Waals surface area contributed by atoms with Crippen molar-refractivity contribution in [1.82, 2.24) is 9.78 Å². The summed E-state index contributed by atoms with van der Waals surface area (Å²) in [5, 5.41) is 7.74. The summed E-state index contributed by atoms with van der Waals surface area (Å²) in [5.41, 5.74) is 3.90. The number of fused-ring (bicyclic) bond motifs is 2. The Labute approximate surface area is 160 Å². The van der Waals surface area contributed by atoms with Crippen molar-refractivity contribution >= 4 is 23.5 Å². The number of aromatic nitrogens is 2. The van der Waals surface area contributed by atoms with E-state index in [1.165, 1.54) is 0 Å². The van der Waals surface area contributed by atoms with Crippen molar-refractivity contribution in [3.63, 3.8) is 0 Å². The SMILES string of the molecule is Cc1nn(-c2ccccc2)c2c1[C@H](c1ccc3c(c1)OCO3)SCC(=O)N2. The minimum Gasteiger partial charge on any atom is -0.454 e. The van der Waals surface area contributed by atoms with E-state index in [0.29, 0.717) is 5.75 Å². The van der Waals surface area contributed by atoms with Crippen LogP contribution in [0.4, 0.5) is 5.82 Å². The lowest BCUT2D eigenvalue weighted by atomic mass is 10.0. The molecule has 0 saturated carbocycles. The largest absolute Gasteiger partial charge is 0.454 e. The molecule has 136 valence electrons. The fourth-order valence-electron chi connectivity index (χ4n) is 3.48. The predicted octanol–water partition coefficient (Wildman–Crippen LogP) is 3.68. The van der Waals surface area contributed by atoms with Gasteiger partial charge in [0.25, 0.3) is 0 Å². The number of hydrogen-bond acceptors (Lipinski definition) is 5. The van der Waals surface area contributed by atoms with Gasteiger partial charge in [0.05, 0.1) is 22.4 Å². The van der Waals surface area contributed by atoms with Gasteiger partial charge in [-0.15, -0.1) is 11.8 Å². The van der Waals surface area contributed by atoms with Crippen molar-refractivity contribution in [3.05, 3.63) is 65.4 Å². The predicted molar refractivity (Wildman–Crippen MR) is 104 cm³/mol. The highest BCUT2D eigenvalue weighted by atomic mass is 32.2. The molecule has 0 bridgehead atoms. The third kappa shape index (κ3) is 2.75. The lowest BCUT2D eigenvalue weighted by Crippen LogP contribution is -2.15. The Kier molecular flexibility index (Phi) is 3.82. The fourth-order valence-corrected chi connectivity index (χ4v) is 4.66. The van der Waals surface area contributed by atoms with Crippen molar-refractivity contribution in [3.8, 4) is 17.2 Å². The number of carbonyl (C=O) groups excluding carboxylic acids is 1. The molecule has 2 aromatic carbocycles. The molecule has 6 nitrogen and oxygen atoms in total. The molecule has 27 heavy (non-hydrogen) atoms. The molecular formula is C20H17N3O3S. The minimum absolute atomic E-state index is 0.0223. The van der Waals surface area contributed by atoms with E-state index in [4.69, 9.17) is 14.6 Å². The van der Waals surface area contributed by atoms with E-state index in [1.54, 1.807) is 11.8 Å². The van der Waals surface area contributed by atoms with E-state index in [2.05, 4.69) is 5.32 Å². The van der Waals surface area contributed by atoms with Crippen LogP contribution in [0.5, 0.6) is 11.5 Å². The number of para-hydroxylation sites is 1. The minimum atomic E-state index is -0.0263. The maximum Gasteiger partial charge on any atom is 0.235 e. The number of carbonyl (C=O) groups is 1. The second-order valence-electron chi connectivity index (χ2n) is 6.45. The first kappa shape index (κ1) is 16.3. The molecule has 0 unspecified atom stereocenters. The van der Waals surface area contributed by atoms with Crippen LogP contribution in [0.3, 0.4) is 0 Å². The summed E-state index contributed by atoms with van der Waals surface area (Å²) in [5.74, 6) is 2.58. The van der Waals surface area contributed by atoms with Gasteiger partial charge in [-0.2, -0.15) is 5.10 Å². The fraction of sp³-hybridized carbons (Fsp3) is 0.200. The van der Waals surface area contributed by atoms with Crippen LogP contribution in [-0.2, 0) is 4.79 Å². The number of hydrogen-bond donors (Lipinski definition) is 1. The normalized spacial score (nSPS) is 18.0. The van der Waals surface area contributed by atoms with Crippen LogP contribution in [0, 0.1) is 6.92 Å². The molecule has 7 heteroatoms. The zero-order chi connectivity index (χ0) is 18.4. The molecule has 0 fully saturated rings. The monoisotopic (exact) mass is 379 g/mol. The standard InChI is InChI=1S/C20H17N3O3S/c1-12-18-19(13-7-8-15-16(9-13)26-11-25-15)27-10-17(24)21-20(18)23(22-12)14-5-3-2-4-6-14/h2-9,19H,10-11H2,1H3,(H,21,24)/t19-/m0/s1. The summed E-state index contributed by atoms with van der Waals surface area (Å²) in [7, 11) is 0. The van der Waals surface area contributed by atoms with E-state index < -0.39 is 0 Å². The topological polar surface area (TPSA) is 65.4 Å². The van der Waals surface area contributed by atoms with Gasteiger partial charge < -0.3 is 14.8 Å². The van der Waals surface area contributed by atoms with E-state index >= 15 is 0 Å². The number of rotatable bonds is 2. The van der Waals surface area contributed by atoms with Crippen LogP contribution < -0.4 is 14.8 Å². The summed E-state index contributed by atoms with van der Waals surface area (Å²) in [4.78, 5) is 12.4. The van der Waals surface area contributed by atoms with Crippen LogP contribution in [0.1, 0.15) is 22.1 Å². The smallest absolute Gasteiger partial charge is 0.235 e. The first-order valence-electron chi connectivity index (χ1n) is 8.66. The van der Waals surface area contributed by atoms with Gasteiger partial charge in [0.2, 0.25) is 12.7 Å². The Morgan fingerprint density at radius 1 is 1.15 bits per heavy atom. The molecule has 2 aliphatic heterocycles. The molecule has 0 saturated heterocycles. The number of nitrogens with one attached hydrogen (secondary N) is 1. The molecule has 1 aromatic heterocycles. The third-order valence-electron chi connectivity index (χ3n) is 4.71. The van der Waals surface area contributed by atoms with Gasteiger partial charge in [-0.25, -0.2) is 4.68 Å². The van der Waals surface area contributed by atoms with E-state index in [-0.39, 0.29) is 18.0 Å². The maximum absolute atomic E-state index is 12.4. The molecule has 0 radical (unpaired) electrons. The van der Waals surface area contributed by atoms with Crippen LogP contribution in [0.2, 0.25) is 0 Å². The first-order chi connectivity index (χ1) is 13.2. The van der Waals surface area contributed by atoms with Crippen LogP contribution in [-0.4, -0.2) is 28.2 Å². The summed E-state index contributed by atoms with van der Waals surface area (Å²) in [6, 6.07) is 15.8. The quantitative estimate of drug-likeness (QED) is 0.736. The molecular weight excluding hydrogens is 362 g/mol. The van der Waals surface area contributed by atoms with Crippen molar-refractivity contribution in [2.24, 2.45) is 0 Å². The zero-order valence-electron chi connectivity index (χ0n) is 14.6. The van der Waals surface area contributed by atoms with Gasteiger partial charge >= 0.3 is 0 Å². The van der Waals surface area contributed by atoms with Crippen LogP contribution in [0.25, 0.3) is 5.69 Å². The number of nitrogens with zero attached hydrogens (tertiary/aromatic N) is 2. The number of amides is 1. The molecule has 0 spiro atoms. The Morgan fingerprint density at radius 2 is 1.96 bits per heavy atom. The summed E-state index contributed by atoms with van der Waals surface area (Å²) < 4.78 is 12.8. The highest BCUT2D eigenvalue weighted by Gasteiger charge is 2.31. The van der Waals surface area contributed by atoms with Crippen LogP contribution >= 0.6 is 11.8 Å². The average Bonchev–Trinajstić information content (AvgIpc) is 3.23. The van der Waals surface area contributed by atoms with Crippen LogP contribution in [0.15, 0.2) is 48.5 Å². The lowest BCUT2D eigenvalue weighted by Gasteiger charge is -2.16. The highest BCUT2D eigenvalue weighted by molar-refractivity contribution is 8.00. The summed E-state index contributed by atoms with van der Waals surface area (Å²) in [6.45, 7) is 2.23. The number of benzene rings is 2. The van der Waals surface area contributed by atoms with Gasteiger partial charge in [0, 0.05) is 5.56 Å². The Morgan fingerprint density at radius 3 is 2.81 bits per heavy atom. The van der Waals surface area contributed by atoms with Gasteiger partial charge in [0.15, 0.2) is 11.5 Å². The number of ether oxygens (including phenoxy) is 2. The maximum atomic E-state index is 12.4. The average molecular weight is 379 g/mol. The molecule has 1 N–H and O–H groups in total. The van der Waals surface area contributed by atoms with Crippen molar-refractivity contribution < 1.29 is 14.3 Å². The number of anilines is 1. The highest BCUT2D eigenvalue weighted by Crippen LogP contribution is 2.46. The molecule has 3 aromatic rings. The molecule has 1 amide bonds. The van der Waals surface area contributed by atoms with Crippen molar-refractivity contribution in [2.75, 3.05) is 17.9 Å².